The third kappa shape index (κ3) is 1.93. The lowest BCUT2D eigenvalue weighted by Gasteiger charge is -2.13. The molecule has 0 radical (unpaired) electrons. The van der Waals surface area contributed by atoms with Crippen molar-refractivity contribution in [3.05, 3.63) is 76.9 Å². The van der Waals surface area contributed by atoms with Gasteiger partial charge in [-0.3, -0.25) is 9.59 Å². The normalized spacial score (nSPS) is 13.8. The minimum absolute atomic E-state index is 0.234. The van der Waals surface area contributed by atoms with E-state index >= 15 is 0 Å². The van der Waals surface area contributed by atoms with Gasteiger partial charge in [0.25, 0.3) is 11.8 Å². The summed E-state index contributed by atoms with van der Waals surface area (Å²) in [5.41, 5.74) is 3.78. The summed E-state index contributed by atoms with van der Waals surface area (Å²) in [5, 5.41) is 1.95. The van der Waals surface area contributed by atoms with Crippen LogP contribution in [-0.2, 0) is 0 Å². The third-order valence-electron chi connectivity index (χ3n) is 4.98. The van der Waals surface area contributed by atoms with Crippen molar-refractivity contribution in [1.29, 1.82) is 0 Å². The minimum Gasteiger partial charge on any atom is -0.268 e. The summed E-state index contributed by atoms with van der Waals surface area (Å²) < 4.78 is 2.21. The van der Waals surface area contributed by atoms with Crippen LogP contribution in [0.3, 0.4) is 0 Å². The second-order valence-corrected chi connectivity index (χ2v) is 7.75. The van der Waals surface area contributed by atoms with Gasteiger partial charge in [-0.1, -0.05) is 35.9 Å². The van der Waals surface area contributed by atoms with Crippen LogP contribution in [0.5, 0.6) is 0 Å². The van der Waals surface area contributed by atoms with E-state index in [1.54, 1.807) is 11.3 Å². The lowest BCUT2D eigenvalue weighted by molar-refractivity contribution is 0.0926. The van der Waals surface area contributed by atoms with Gasteiger partial charge in [-0.25, -0.2) is 4.90 Å². The molecule has 0 atom stereocenters. The number of amides is 2. The first-order valence-corrected chi connectivity index (χ1v) is 9.28. The van der Waals surface area contributed by atoms with Crippen LogP contribution in [0, 0.1) is 13.8 Å². The van der Waals surface area contributed by atoms with Crippen molar-refractivity contribution in [3.8, 4) is 0 Å². The van der Waals surface area contributed by atoms with E-state index in [0.717, 1.165) is 31.3 Å². The Kier molecular flexibility index (Phi) is 3.09. The van der Waals surface area contributed by atoms with E-state index in [2.05, 4.69) is 6.07 Å². The molecule has 26 heavy (non-hydrogen) atoms. The second-order valence-electron chi connectivity index (χ2n) is 6.70. The summed E-state index contributed by atoms with van der Waals surface area (Å²) >= 11 is 1.67. The maximum Gasteiger partial charge on any atom is 0.266 e. The fraction of sp³-hybridized carbons (Fsp3) is 0.0909. The fourth-order valence-electron chi connectivity index (χ4n) is 3.70. The molecule has 0 fully saturated rings. The topological polar surface area (TPSA) is 37.4 Å². The number of benzene rings is 3. The van der Waals surface area contributed by atoms with Gasteiger partial charge in [0.15, 0.2) is 0 Å². The van der Waals surface area contributed by atoms with E-state index in [-0.39, 0.29) is 11.8 Å². The van der Waals surface area contributed by atoms with Crippen LogP contribution in [0.1, 0.15) is 31.8 Å². The summed E-state index contributed by atoms with van der Waals surface area (Å²) in [4.78, 5) is 27.6. The van der Waals surface area contributed by atoms with E-state index in [9.17, 15) is 9.59 Å². The van der Waals surface area contributed by atoms with Crippen LogP contribution in [0.15, 0.2) is 54.6 Å². The Morgan fingerprint density at radius 2 is 1.62 bits per heavy atom. The van der Waals surface area contributed by atoms with Gasteiger partial charge >= 0.3 is 0 Å². The molecule has 0 N–H and O–H groups in total. The molecule has 0 unspecified atom stereocenters. The number of thiophene rings is 1. The molecule has 1 aromatic heterocycles. The van der Waals surface area contributed by atoms with Crippen LogP contribution >= 0.6 is 11.3 Å². The first kappa shape index (κ1) is 15.3. The fourth-order valence-corrected chi connectivity index (χ4v) is 4.88. The zero-order valence-corrected chi connectivity index (χ0v) is 15.2. The molecule has 126 valence electrons. The van der Waals surface area contributed by atoms with Gasteiger partial charge in [0, 0.05) is 20.2 Å². The van der Waals surface area contributed by atoms with Crippen LogP contribution in [0.4, 0.5) is 5.69 Å². The Morgan fingerprint density at radius 1 is 0.885 bits per heavy atom. The van der Waals surface area contributed by atoms with Gasteiger partial charge in [-0.05, 0) is 43.7 Å². The summed E-state index contributed by atoms with van der Waals surface area (Å²) in [5.74, 6) is -0.475. The first-order chi connectivity index (χ1) is 12.6. The Hall–Kier alpha value is -2.98. The van der Waals surface area contributed by atoms with Gasteiger partial charge in [0.2, 0.25) is 0 Å². The molecule has 2 heterocycles. The molecular weight excluding hydrogens is 342 g/mol. The SMILES string of the molecule is Cc1ccc(N2C(=O)c3cc(C)c4sc5ccccc5c4c3C2=O)cc1. The van der Waals surface area contributed by atoms with E-state index in [4.69, 9.17) is 0 Å². The molecule has 3 nitrogen and oxygen atoms in total. The molecule has 0 saturated carbocycles. The van der Waals surface area contributed by atoms with Gasteiger partial charge < -0.3 is 0 Å². The molecule has 1 aliphatic heterocycles. The summed E-state index contributed by atoms with van der Waals surface area (Å²) in [6.07, 6.45) is 0. The van der Waals surface area contributed by atoms with Crippen molar-refractivity contribution in [3.63, 3.8) is 0 Å². The number of nitrogens with zero attached hydrogens (tertiary/aromatic N) is 1. The smallest absolute Gasteiger partial charge is 0.266 e. The minimum atomic E-state index is -0.242. The Balaban J connectivity index is 1.83. The molecule has 0 saturated heterocycles. The number of hydrogen-bond acceptors (Lipinski definition) is 3. The van der Waals surface area contributed by atoms with Crippen molar-refractivity contribution >= 4 is 49.0 Å². The van der Waals surface area contributed by atoms with E-state index in [0.29, 0.717) is 16.8 Å². The average molecular weight is 357 g/mol. The Labute approximate surface area is 154 Å². The number of rotatable bonds is 1. The Bertz CT molecular complexity index is 1230. The highest BCUT2D eigenvalue weighted by Gasteiger charge is 2.39. The van der Waals surface area contributed by atoms with E-state index < -0.39 is 0 Å². The van der Waals surface area contributed by atoms with Crippen molar-refractivity contribution in [2.24, 2.45) is 0 Å². The maximum atomic E-state index is 13.3. The molecule has 0 spiro atoms. The highest BCUT2D eigenvalue weighted by Crippen LogP contribution is 2.42. The lowest BCUT2D eigenvalue weighted by Crippen LogP contribution is -2.29. The summed E-state index contributed by atoms with van der Waals surface area (Å²) in [7, 11) is 0. The number of fused-ring (bicyclic) bond motifs is 5. The number of aryl methyl sites for hydroxylation is 2. The quantitative estimate of drug-likeness (QED) is 0.424. The molecule has 2 amide bonds. The standard InChI is InChI=1S/C22H15NO2S/c1-12-7-9-14(10-8-12)23-21(24)16-11-13(2)20-18(19(16)22(23)25)15-5-3-4-6-17(15)26-20/h3-11H,1-2H3. The second kappa shape index (κ2) is 5.26. The van der Waals surface area contributed by atoms with Crippen molar-refractivity contribution < 1.29 is 9.59 Å². The number of carbonyl (C=O) groups is 2. The molecule has 1 aliphatic rings. The first-order valence-electron chi connectivity index (χ1n) is 8.46. The van der Waals surface area contributed by atoms with E-state index in [1.807, 2.05) is 62.4 Å². The maximum absolute atomic E-state index is 13.3. The summed E-state index contributed by atoms with van der Waals surface area (Å²) in [6.45, 7) is 3.99. The molecule has 3 aromatic carbocycles. The molecule has 0 bridgehead atoms. The predicted octanol–water partition coefficient (Wildman–Crippen LogP) is 5.47. The van der Waals surface area contributed by atoms with Crippen LogP contribution in [0.25, 0.3) is 20.2 Å². The van der Waals surface area contributed by atoms with Crippen molar-refractivity contribution in [1.82, 2.24) is 0 Å². The highest BCUT2D eigenvalue weighted by molar-refractivity contribution is 7.26. The van der Waals surface area contributed by atoms with E-state index in [1.165, 1.54) is 4.90 Å². The van der Waals surface area contributed by atoms with Crippen molar-refractivity contribution in [2.75, 3.05) is 4.90 Å². The molecule has 4 heteroatoms. The number of carbonyl (C=O) groups excluding carboxylic acids is 2. The number of anilines is 1. The monoisotopic (exact) mass is 357 g/mol. The van der Waals surface area contributed by atoms with Gasteiger partial charge in [0.1, 0.15) is 0 Å². The van der Waals surface area contributed by atoms with Crippen LogP contribution in [0.2, 0.25) is 0 Å². The van der Waals surface area contributed by atoms with Gasteiger partial charge in [-0.15, -0.1) is 11.3 Å². The highest BCUT2D eigenvalue weighted by atomic mass is 32.1. The zero-order chi connectivity index (χ0) is 18.0. The predicted molar refractivity (Wildman–Crippen MR) is 106 cm³/mol. The van der Waals surface area contributed by atoms with Crippen LogP contribution < -0.4 is 4.90 Å². The molecule has 4 aromatic rings. The molecule has 0 aliphatic carbocycles. The molecular formula is C22H15NO2S. The summed E-state index contributed by atoms with van der Waals surface area (Å²) in [6, 6.07) is 17.4. The lowest BCUT2D eigenvalue weighted by atomic mass is 9.99. The largest absolute Gasteiger partial charge is 0.268 e. The van der Waals surface area contributed by atoms with Gasteiger partial charge in [-0.2, -0.15) is 0 Å². The zero-order valence-electron chi connectivity index (χ0n) is 14.4. The van der Waals surface area contributed by atoms with Gasteiger partial charge in [0.05, 0.1) is 16.8 Å². The third-order valence-corrected chi connectivity index (χ3v) is 6.28. The van der Waals surface area contributed by atoms with Crippen molar-refractivity contribution in [2.45, 2.75) is 13.8 Å². The molecule has 5 rings (SSSR count). The number of hydrogen-bond donors (Lipinski definition) is 0. The number of imide groups is 1. The van der Waals surface area contributed by atoms with Crippen LogP contribution in [-0.4, -0.2) is 11.8 Å². The Morgan fingerprint density at radius 3 is 2.38 bits per heavy atom. The average Bonchev–Trinajstić information content (AvgIpc) is 3.13.